The molecule has 1 aliphatic heterocycles. The second kappa shape index (κ2) is 6.95. The maximum absolute atomic E-state index is 13.5. The zero-order chi connectivity index (χ0) is 15.4. The Morgan fingerprint density at radius 3 is 2.57 bits per heavy atom. The number of hydrogen-bond acceptors (Lipinski definition) is 3. The predicted molar refractivity (Wildman–Crippen MR) is 84.1 cm³/mol. The SMILES string of the molecule is NC(=O)CC1CCN(Cc2ccc(F)c(C(N)=S)c2)CC1. The molecule has 4 nitrogen and oxygen atoms in total. The van der Waals surface area contributed by atoms with E-state index in [0.29, 0.717) is 17.9 Å². The van der Waals surface area contributed by atoms with Crippen molar-refractivity contribution < 1.29 is 9.18 Å². The summed E-state index contributed by atoms with van der Waals surface area (Å²) in [5.41, 5.74) is 12.0. The van der Waals surface area contributed by atoms with Crippen LogP contribution in [0.1, 0.15) is 30.4 Å². The first kappa shape index (κ1) is 15.9. The topological polar surface area (TPSA) is 72.4 Å². The van der Waals surface area contributed by atoms with Crippen LogP contribution in [-0.2, 0) is 11.3 Å². The largest absolute Gasteiger partial charge is 0.389 e. The monoisotopic (exact) mass is 309 g/mol. The summed E-state index contributed by atoms with van der Waals surface area (Å²) < 4.78 is 13.5. The number of amides is 1. The van der Waals surface area contributed by atoms with Gasteiger partial charge in [0.2, 0.25) is 5.91 Å². The van der Waals surface area contributed by atoms with E-state index >= 15 is 0 Å². The average molecular weight is 309 g/mol. The first-order valence-corrected chi connectivity index (χ1v) is 7.45. The summed E-state index contributed by atoms with van der Waals surface area (Å²) in [5.74, 6) is -0.223. The minimum atomic E-state index is -0.383. The number of carbonyl (C=O) groups is 1. The number of nitrogens with zero attached hydrogens (tertiary/aromatic N) is 1. The van der Waals surface area contributed by atoms with Crippen LogP contribution in [0, 0.1) is 11.7 Å². The molecule has 1 aromatic rings. The number of rotatable bonds is 5. The van der Waals surface area contributed by atoms with Crippen LogP contribution in [0.2, 0.25) is 0 Å². The molecule has 0 aromatic heterocycles. The molecule has 4 N–H and O–H groups in total. The summed E-state index contributed by atoms with van der Waals surface area (Å²) in [5, 5.41) is 0. The summed E-state index contributed by atoms with van der Waals surface area (Å²) >= 11 is 4.85. The lowest BCUT2D eigenvalue weighted by molar-refractivity contribution is -0.119. The third kappa shape index (κ3) is 4.47. The molecular weight excluding hydrogens is 289 g/mol. The van der Waals surface area contributed by atoms with Crippen LogP contribution in [0.5, 0.6) is 0 Å². The van der Waals surface area contributed by atoms with E-state index in [1.165, 1.54) is 6.07 Å². The highest BCUT2D eigenvalue weighted by atomic mass is 32.1. The van der Waals surface area contributed by atoms with Gasteiger partial charge in [0.15, 0.2) is 0 Å². The van der Waals surface area contributed by atoms with Crippen molar-refractivity contribution in [3.05, 3.63) is 35.1 Å². The lowest BCUT2D eigenvalue weighted by Crippen LogP contribution is -2.34. The standard InChI is InChI=1S/C15H20FN3OS/c16-13-2-1-11(7-12(13)15(18)21)9-19-5-3-10(4-6-19)8-14(17)20/h1-2,7,10H,3-6,8-9H2,(H2,17,20)(H2,18,21). The summed E-state index contributed by atoms with van der Waals surface area (Å²) in [6, 6.07) is 4.88. The molecule has 0 unspecified atom stereocenters. The van der Waals surface area contributed by atoms with Crippen molar-refractivity contribution in [1.29, 1.82) is 0 Å². The van der Waals surface area contributed by atoms with Crippen molar-refractivity contribution in [2.45, 2.75) is 25.8 Å². The minimum Gasteiger partial charge on any atom is -0.389 e. The molecule has 0 atom stereocenters. The van der Waals surface area contributed by atoms with Gasteiger partial charge in [-0.2, -0.15) is 0 Å². The molecule has 114 valence electrons. The Kier molecular flexibility index (Phi) is 5.25. The number of halogens is 1. The second-order valence-electron chi connectivity index (χ2n) is 5.57. The van der Waals surface area contributed by atoms with Crippen molar-refractivity contribution in [2.24, 2.45) is 17.4 Å². The minimum absolute atomic E-state index is 0.0783. The molecule has 0 saturated carbocycles. The summed E-state index contributed by atoms with van der Waals surface area (Å²) in [6.07, 6.45) is 2.40. The van der Waals surface area contributed by atoms with E-state index in [9.17, 15) is 9.18 Å². The fourth-order valence-corrected chi connectivity index (χ4v) is 2.91. The van der Waals surface area contributed by atoms with Gasteiger partial charge in [0.05, 0.1) is 0 Å². The van der Waals surface area contributed by atoms with E-state index < -0.39 is 0 Å². The molecule has 1 aliphatic rings. The van der Waals surface area contributed by atoms with Crippen molar-refractivity contribution in [3.63, 3.8) is 0 Å². The third-order valence-corrected chi connectivity index (χ3v) is 4.12. The molecule has 1 aromatic carbocycles. The molecule has 0 spiro atoms. The maximum atomic E-state index is 13.5. The van der Waals surface area contributed by atoms with Crippen LogP contribution in [0.15, 0.2) is 18.2 Å². The Morgan fingerprint density at radius 2 is 2.00 bits per heavy atom. The van der Waals surface area contributed by atoms with Crippen molar-refractivity contribution in [2.75, 3.05) is 13.1 Å². The van der Waals surface area contributed by atoms with E-state index in [4.69, 9.17) is 23.7 Å². The molecule has 1 fully saturated rings. The molecule has 1 amide bonds. The van der Waals surface area contributed by atoms with Gasteiger partial charge in [-0.05, 0) is 49.5 Å². The number of piperidine rings is 1. The fourth-order valence-electron chi connectivity index (χ4n) is 2.75. The molecule has 1 heterocycles. The smallest absolute Gasteiger partial charge is 0.217 e. The Bertz CT molecular complexity index is 542. The summed E-state index contributed by atoms with van der Waals surface area (Å²) in [4.78, 5) is 13.3. The first-order chi connectivity index (χ1) is 9.95. The third-order valence-electron chi connectivity index (χ3n) is 3.90. The van der Waals surface area contributed by atoms with Gasteiger partial charge in [-0.1, -0.05) is 18.3 Å². The van der Waals surface area contributed by atoms with Crippen LogP contribution in [0.4, 0.5) is 4.39 Å². The van der Waals surface area contributed by atoms with Crippen molar-refractivity contribution >= 4 is 23.1 Å². The maximum Gasteiger partial charge on any atom is 0.217 e. The van der Waals surface area contributed by atoms with E-state index in [1.807, 2.05) is 0 Å². The normalized spacial score (nSPS) is 16.8. The lowest BCUT2D eigenvalue weighted by atomic mass is 9.93. The van der Waals surface area contributed by atoms with Gasteiger partial charge in [-0.25, -0.2) is 4.39 Å². The predicted octanol–water partition coefficient (Wildman–Crippen LogP) is 1.55. The lowest BCUT2D eigenvalue weighted by Gasteiger charge is -2.31. The quantitative estimate of drug-likeness (QED) is 0.810. The van der Waals surface area contributed by atoms with E-state index in [-0.39, 0.29) is 16.7 Å². The van der Waals surface area contributed by atoms with E-state index in [2.05, 4.69) is 4.90 Å². The van der Waals surface area contributed by atoms with Gasteiger partial charge >= 0.3 is 0 Å². The van der Waals surface area contributed by atoms with Crippen LogP contribution >= 0.6 is 12.2 Å². The second-order valence-corrected chi connectivity index (χ2v) is 6.01. The van der Waals surface area contributed by atoms with E-state index in [1.54, 1.807) is 12.1 Å². The molecule has 1 saturated heterocycles. The number of primary amides is 1. The Balaban J connectivity index is 1.93. The van der Waals surface area contributed by atoms with Gasteiger partial charge in [-0.3, -0.25) is 9.69 Å². The highest BCUT2D eigenvalue weighted by Crippen LogP contribution is 2.22. The van der Waals surface area contributed by atoms with Crippen LogP contribution in [-0.4, -0.2) is 28.9 Å². The molecule has 0 aliphatic carbocycles. The first-order valence-electron chi connectivity index (χ1n) is 7.04. The van der Waals surface area contributed by atoms with Crippen LogP contribution in [0.25, 0.3) is 0 Å². The van der Waals surface area contributed by atoms with Crippen molar-refractivity contribution in [3.8, 4) is 0 Å². The van der Waals surface area contributed by atoms with Crippen LogP contribution < -0.4 is 11.5 Å². The van der Waals surface area contributed by atoms with Gasteiger partial charge in [0, 0.05) is 18.5 Å². The molecule has 21 heavy (non-hydrogen) atoms. The highest BCUT2D eigenvalue weighted by molar-refractivity contribution is 7.80. The molecule has 0 bridgehead atoms. The van der Waals surface area contributed by atoms with Crippen molar-refractivity contribution in [1.82, 2.24) is 4.90 Å². The zero-order valence-corrected chi connectivity index (χ0v) is 12.7. The summed E-state index contributed by atoms with van der Waals surface area (Å²) in [7, 11) is 0. The zero-order valence-electron chi connectivity index (χ0n) is 11.8. The Labute approximate surface area is 129 Å². The molecule has 2 rings (SSSR count). The number of carbonyl (C=O) groups excluding carboxylic acids is 1. The van der Waals surface area contributed by atoms with Gasteiger partial charge in [0.1, 0.15) is 10.8 Å². The number of benzene rings is 1. The average Bonchev–Trinajstić information content (AvgIpc) is 2.42. The highest BCUT2D eigenvalue weighted by Gasteiger charge is 2.20. The number of hydrogen-bond donors (Lipinski definition) is 2. The van der Waals surface area contributed by atoms with Crippen LogP contribution in [0.3, 0.4) is 0 Å². The molecule has 0 radical (unpaired) electrons. The van der Waals surface area contributed by atoms with Gasteiger partial charge in [0.25, 0.3) is 0 Å². The van der Waals surface area contributed by atoms with Gasteiger partial charge < -0.3 is 11.5 Å². The van der Waals surface area contributed by atoms with Gasteiger partial charge in [-0.15, -0.1) is 0 Å². The fraction of sp³-hybridized carbons (Fsp3) is 0.467. The number of thiocarbonyl (C=S) groups is 1. The van der Waals surface area contributed by atoms with E-state index in [0.717, 1.165) is 38.0 Å². The Morgan fingerprint density at radius 1 is 1.33 bits per heavy atom. The summed E-state index contributed by atoms with van der Waals surface area (Å²) in [6.45, 7) is 2.56. The molecule has 6 heteroatoms. The Hall–Kier alpha value is -1.53. The number of nitrogens with two attached hydrogens (primary N) is 2. The molecular formula is C15H20FN3OS. The number of likely N-dealkylation sites (tertiary alicyclic amines) is 1.